The van der Waals surface area contributed by atoms with E-state index in [0.717, 1.165) is 18.9 Å². The van der Waals surface area contributed by atoms with Crippen LogP contribution < -0.4 is 5.32 Å². The topological polar surface area (TPSA) is 68.1 Å². The van der Waals surface area contributed by atoms with Crippen molar-refractivity contribution in [2.75, 3.05) is 11.9 Å². The van der Waals surface area contributed by atoms with Crippen LogP contribution in [0.25, 0.3) is 10.9 Å². The third-order valence-electron chi connectivity index (χ3n) is 4.03. The maximum Gasteiger partial charge on any atom is 0.301 e. The fourth-order valence-corrected chi connectivity index (χ4v) is 2.67. The summed E-state index contributed by atoms with van der Waals surface area (Å²) in [4.78, 5) is 15.2. The highest BCUT2D eigenvalue weighted by Crippen LogP contribution is 2.33. The van der Waals surface area contributed by atoms with Crippen LogP contribution in [0.1, 0.15) is 25.7 Å². The lowest BCUT2D eigenvalue weighted by molar-refractivity contribution is -0.382. The van der Waals surface area contributed by atoms with Crippen molar-refractivity contribution in [2.24, 2.45) is 5.92 Å². The van der Waals surface area contributed by atoms with Gasteiger partial charge in [0.05, 0.1) is 15.8 Å². The van der Waals surface area contributed by atoms with E-state index in [9.17, 15) is 10.1 Å². The monoisotopic (exact) mass is 271 g/mol. The molecule has 1 saturated carbocycles. The Labute approximate surface area is 117 Å². The van der Waals surface area contributed by atoms with Gasteiger partial charge in [0.2, 0.25) is 0 Å². The molecule has 1 N–H and O–H groups in total. The van der Waals surface area contributed by atoms with Crippen LogP contribution in [0.2, 0.25) is 0 Å². The van der Waals surface area contributed by atoms with E-state index in [0.29, 0.717) is 16.6 Å². The Kier molecular flexibility index (Phi) is 3.50. The van der Waals surface area contributed by atoms with Gasteiger partial charge in [0.25, 0.3) is 0 Å². The summed E-state index contributed by atoms with van der Waals surface area (Å²) in [7, 11) is 0. The van der Waals surface area contributed by atoms with E-state index < -0.39 is 0 Å². The number of hydrogen-bond donors (Lipinski definition) is 1. The van der Waals surface area contributed by atoms with Gasteiger partial charge < -0.3 is 5.32 Å². The van der Waals surface area contributed by atoms with E-state index in [-0.39, 0.29) is 10.6 Å². The van der Waals surface area contributed by atoms with Gasteiger partial charge in [0.15, 0.2) is 0 Å². The summed E-state index contributed by atoms with van der Waals surface area (Å²) in [6, 6.07) is 7.06. The molecule has 1 aliphatic rings. The average molecular weight is 271 g/mol. The first-order valence-electron chi connectivity index (χ1n) is 7.01. The maximum absolute atomic E-state index is 11.3. The third kappa shape index (κ3) is 2.43. The summed E-state index contributed by atoms with van der Waals surface area (Å²) in [5, 5.41) is 15.1. The summed E-state index contributed by atoms with van der Waals surface area (Å²) in [6.07, 6.45) is 6.65. The maximum atomic E-state index is 11.3. The van der Waals surface area contributed by atoms with Crippen LogP contribution in [0.3, 0.4) is 0 Å². The second-order valence-corrected chi connectivity index (χ2v) is 5.30. The molecule has 0 bridgehead atoms. The van der Waals surface area contributed by atoms with Crippen molar-refractivity contribution in [3.05, 3.63) is 40.6 Å². The molecule has 1 heterocycles. The molecule has 5 nitrogen and oxygen atoms in total. The normalized spacial score (nSPS) is 15.0. The van der Waals surface area contributed by atoms with Gasteiger partial charge in [-0.3, -0.25) is 15.1 Å². The number of nitro groups is 1. The van der Waals surface area contributed by atoms with Gasteiger partial charge in [-0.2, -0.15) is 0 Å². The van der Waals surface area contributed by atoms with E-state index in [1.807, 2.05) is 6.07 Å². The highest BCUT2D eigenvalue weighted by molar-refractivity contribution is 5.94. The first-order valence-corrected chi connectivity index (χ1v) is 7.01. The lowest BCUT2D eigenvalue weighted by Crippen LogP contribution is -2.16. The first-order chi connectivity index (χ1) is 9.75. The zero-order valence-electron chi connectivity index (χ0n) is 11.2. The van der Waals surface area contributed by atoms with E-state index in [1.165, 1.54) is 19.3 Å². The summed E-state index contributed by atoms with van der Waals surface area (Å²) >= 11 is 0. The number of rotatable bonds is 5. The lowest BCUT2D eigenvalue weighted by Gasteiger charge is -2.25. The molecule has 0 aliphatic heterocycles. The Balaban J connectivity index is 1.85. The van der Waals surface area contributed by atoms with Crippen molar-refractivity contribution in [1.82, 2.24) is 4.98 Å². The molecule has 0 spiro atoms. The highest BCUT2D eigenvalue weighted by Gasteiger charge is 2.20. The van der Waals surface area contributed by atoms with Crippen LogP contribution in [0.4, 0.5) is 11.4 Å². The quantitative estimate of drug-likeness (QED) is 0.664. The van der Waals surface area contributed by atoms with Gasteiger partial charge in [-0.25, -0.2) is 0 Å². The predicted molar refractivity (Wildman–Crippen MR) is 78.8 cm³/mol. The Hall–Kier alpha value is -2.17. The van der Waals surface area contributed by atoms with Crippen LogP contribution in [-0.4, -0.2) is 16.5 Å². The molecule has 1 fully saturated rings. The van der Waals surface area contributed by atoms with Crippen molar-refractivity contribution in [3.8, 4) is 0 Å². The first kappa shape index (κ1) is 12.8. The summed E-state index contributed by atoms with van der Waals surface area (Å²) in [5.41, 5.74) is 1.38. The number of nitro benzene ring substituents is 1. The van der Waals surface area contributed by atoms with Crippen LogP contribution in [0, 0.1) is 16.0 Å². The number of nitrogens with one attached hydrogen (secondary N) is 1. The molecule has 0 unspecified atom stereocenters. The van der Waals surface area contributed by atoms with Crippen molar-refractivity contribution in [1.29, 1.82) is 0 Å². The molecule has 0 saturated heterocycles. The predicted octanol–water partition coefficient (Wildman–Crippen LogP) is 3.75. The standard InChI is InChI=1S/C15H17N3O2/c19-18(20)15-12-5-2-9-16-13(12)6-7-14(15)17-10-8-11-3-1-4-11/h2,5-7,9,11,17H,1,3-4,8,10H2. The largest absolute Gasteiger partial charge is 0.379 e. The van der Waals surface area contributed by atoms with Gasteiger partial charge in [0.1, 0.15) is 5.69 Å². The molecule has 2 aromatic rings. The minimum Gasteiger partial charge on any atom is -0.379 e. The Morgan fingerprint density at radius 2 is 2.20 bits per heavy atom. The molecule has 0 atom stereocenters. The molecule has 5 heteroatoms. The number of anilines is 1. The van der Waals surface area contributed by atoms with Gasteiger partial charge in [-0.05, 0) is 36.6 Å². The minimum absolute atomic E-state index is 0.129. The number of pyridine rings is 1. The Bertz CT molecular complexity index is 638. The fraction of sp³-hybridized carbons (Fsp3) is 0.400. The molecule has 104 valence electrons. The molecule has 3 rings (SSSR count). The number of benzene rings is 1. The minimum atomic E-state index is -0.324. The average Bonchev–Trinajstić information content (AvgIpc) is 2.40. The Morgan fingerprint density at radius 3 is 2.90 bits per heavy atom. The molecule has 0 amide bonds. The smallest absolute Gasteiger partial charge is 0.301 e. The summed E-state index contributed by atoms with van der Waals surface area (Å²) in [6.45, 7) is 0.789. The van der Waals surface area contributed by atoms with Crippen molar-refractivity contribution in [2.45, 2.75) is 25.7 Å². The van der Waals surface area contributed by atoms with Crippen LogP contribution in [-0.2, 0) is 0 Å². The number of nitrogens with zero attached hydrogens (tertiary/aromatic N) is 2. The second kappa shape index (κ2) is 5.45. The Morgan fingerprint density at radius 1 is 1.35 bits per heavy atom. The molecule has 20 heavy (non-hydrogen) atoms. The zero-order chi connectivity index (χ0) is 13.9. The zero-order valence-corrected chi connectivity index (χ0v) is 11.2. The molecule has 1 aliphatic carbocycles. The molecular formula is C15H17N3O2. The van der Waals surface area contributed by atoms with E-state index >= 15 is 0 Å². The van der Waals surface area contributed by atoms with Gasteiger partial charge in [0, 0.05) is 12.7 Å². The summed E-state index contributed by atoms with van der Waals surface area (Å²) in [5.74, 6) is 0.795. The highest BCUT2D eigenvalue weighted by atomic mass is 16.6. The lowest BCUT2D eigenvalue weighted by atomic mass is 9.83. The van der Waals surface area contributed by atoms with Crippen molar-refractivity contribution >= 4 is 22.3 Å². The molecule has 1 aromatic carbocycles. The fourth-order valence-electron chi connectivity index (χ4n) is 2.67. The van der Waals surface area contributed by atoms with E-state index in [4.69, 9.17) is 0 Å². The van der Waals surface area contributed by atoms with Crippen LogP contribution in [0.15, 0.2) is 30.5 Å². The van der Waals surface area contributed by atoms with Gasteiger partial charge >= 0.3 is 5.69 Å². The molecule has 1 aromatic heterocycles. The van der Waals surface area contributed by atoms with E-state index in [2.05, 4.69) is 10.3 Å². The van der Waals surface area contributed by atoms with Crippen molar-refractivity contribution < 1.29 is 4.92 Å². The number of aromatic nitrogens is 1. The second-order valence-electron chi connectivity index (χ2n) is 5.30. The third-order valence-corrected chi connectivity index (χ3v) is 4.03. The summed E-state index contributed by atoms with van der Waals surface area (Å²) < 4.78 is 0. The molecular weight excluding hydrogens is 254 g/mol. The number of fused-ring (bicyclic) bond motifs is 1. The van der Waals surface area contributed by atoms with Crippen molar-refractivity contribution in [3.63, 3.8) is 0 Å². The van der Waals surface area contributed by atoms with Crippen LogP contribution >= 0.6 is 0 Å². The number of hydrogen-bond acceptors (Lipinski definition) is 4. The molecule has 0 radical (unpaired) electrons. The SMILES string of the molecule is O=[N+]([O-])c1c(NCCC2CCC2)ccc2ncccc12. The van der Waals surface area contributed by atoms with E-state index in [1.54, 1.807) is 24.4 Å². The van der Waals surface area contributed by atoms with Gasteiger partial charge in [-0.1, -0.05) is 19.3 Å². The van der Waals surface area contributed by atoms with Gasteiger partial charge in [-0.15, -0.1) is 0 Å². The van der Waals surface area contributed by atoms with Crippen LogP contribution in [0.5, 0.6) is 0 Å².